The summed E-state index contributed by atoms with van der Waals surface area (Å²) < 4.78 is 6.87. The molecule has 0 aliphatic carbocycles. The summed E-state index contributed by atoms with van der Waals surface area (Å²) in [6.07, 6.45) is 0.232. The number of rotatable bonds is 1. The molecule has 2 aromatic rings. The van der Waals surface area contributed by atoms with Crippen molar-refractivity contribution in [3.05, 3.63) is 46.9 Å². The summed E-state index contributed by atoms with van der Waals surface area (Å²) in [5, 5.41) is 3.40. The molecular weight excluding hydrogens is 290 g/mol. The van der Waals surface area contributed by atoms with Crippen LogP contribution in [0.4, 0.5) is 5.69 Å². The molecule has 3 rings (SSSR count). The molecule has 0 aromatic heterocycles. The molecule has 2 aromatic carbocycles. The Morgan fingerprint density at radius 1 is 1.11 bits per heavy atom. The highest BCUT2D eigenvalue weighted by molar-refractivity contribution is 9.10. The summed E-state index contributed by atoms with van der Waals surface area (Å²) >= 11 is 3.45. The van der Waals surface area contributed by atoms with Crippen molar-refractivity contribution in [3.8, 4) is 16.9 Å². The molecular formula is C15H14BrNO. The van der Waals surface area contributed by atoms with Gasteiger partial charge in [0.2, 0.25) is 0 Å². The number of nitrogens with one attached hydrogen (secondary N) is 1. The number of anilines is 1. The molecule has 0 saturated heterocycles. The molecule has 2 nitrogen and oxygen atoms in total. The lowest BCUT2D eigenvalue weighted by atomic mass is 10.0. The fourth-order valence-corrected chi connectivity index (χ4v) is 2.37. The molecule has 3 heteroatoms. The van der Waals surface area contributed by atoms with E-state index in [-0.39, 0.29) is 6.10 Å². The van der Waals surface area contributed by atoms with Gasteiger partial charge in [0.15, 0.2) is 0 Å². The van der Waals surface area contributed by atoms with E-state index in [0.717, 1.165) is 22.5 Å². The Hall–Kier alpha value is -1.48. The van der Waals surface area contributed by atoms with E-state index in [1.54, 1.807) is 0 Å². The first-order valence-electron chi connectivity index (χ1n) is 6.03. The van der Waals surface area contributed by atoms with Crippen molar-refractivity contribution in [3.63, 3.8) is 0 Å². The molecule has 0 fully saturated rings. The van der Waals surface area contributed by atoms with Crippen molar-refractivity contribution in [2.24, 2.45) is 0 Å². The van der Waals surface area contributed by atoms with Gasteiger partial charge in [0, 0.05) is 4.47 Å². The third kappa shape index (κ3) is 2.23. The molecule has 1 atom stereocenters. The normalized spacial score (nSPS) is 17.6. The van der Waals surface area contributed by atoms with E-state index in [2.05, 4.69) is 64.6 Å². The van der Waals surface area contributed by atoms with E-state index in [9.17, 15) is 0 Å². The Kier molecular flexibility index (Phi) is 3.00. The lowest BCUT2D eigenvalue weighted by Gasteiger charge is -2.25. The summed E-state index contributed by atoms with van der Waals surface area (Å²) in [6, 6.07) is 14.6. The molecule has 18 heavy (non-hydrogen) atoms. The highest BCUT2D eigenvalue weighted by Crippen LogP contribution is 2.33. The smallest absolute Gasteiger partial charge is 0.142 e. The van der Waals surface area contributed by atoms with E-state index < -0.39 is 0 Å². The van der Waals surface area contributed by atoms with Crippen molar-refractivity contribution in [1.82, 2.24) is 0 Å². The van der Waals surface area contributed by atoms with Crippen LogP contribution in [0.3, 0.4) is 0 Å². The standard InChI is InChI=1S/C15H14BrNO/c1-10-9-17-14-8-12(4-7-15(14)18-10)11-2-5-13(16)6-3-11/h2-8,10,17H,9H2,1H3. The highest BCUT2D eigenvalue weighted by Gasteiger charge is 2.15. The summed E-state index contributed by atoms with van der Waals surface area (Å²) in [6.45, 7) is 2.93. The molecule has 1 N–H and O–H groups in total. The monoisotopic (exact) mass is 303 g/mol. The van der Waals surface area contributed by atoms with E-state index in [0.29, 0.717) is 0 Å². The first-order valence-corrected chi connectivity index (χ1v) is 6.82. The maximum Gasteiger partial charge on any atom is 0.142 e. The van der Waals surface area contributed by atoms with E-state index >= 15 is 0 Å². The van der Waals surface area contributed by atoms with Crippen molar-refractivity contribution in [1.29, 1.82) is 0 Å². The SMILES string of the molecule is CC1CNc2cc(-c3ccc(Br)cc3)ccc2O1. The summed E-state index contributed by atoms with van der Waals surface area (Å²) in [7, 11) is 0. The van der Waals surface area contributed by atoms with Crippen molar-refractivity contribution < 1.29 is 4.74 Å². The number of benzene rings is 2. The lowest BCUT2D eigenvalue weighted by Crippen LogP contribution is -2.27. The van der Waals surface area contributed by atoms with Crippen LogP contribution in [-0.2, 0) is 0 Å². The number of hydrogen-bond donors (Lipinski definition) is 1. The van der Waals surface area contributed by atoms with Crippen LogP contribution in [0.25, 0.3) is 11.1 Å². The minimum Gasteiger partial charge on any atom is -0.487 e. The second-order valence-electron chi connectivity index (χ2n) is 4.53. The number of fused-ring (bicyclic) bond motifs is 1. The first kappa shape index (κ1) is 11.6. The van der Waals surface area contributed by atoms with Crippen molar-refractivity contribution >= 4 is 21.6 Å². The van der Waals surface area contributed by atoms with Crippen LogP contribution in [0, 0.1) is 0 Å². The lowest BCUT2D eigenvalue weighted by molar-refractivity contribution is 0.226. The van der Waals surface area contributed by atoms with Gasteiger partial charge in [0.05, 0.1) is 12.2 Å². The predicted molar refractivity (Wildman–Crippen MR) is 78.2 cm³/mol. The average Bonchev–Trinajstić information content (AvgIpc) is 2.39. The van der Waals surface area contributed by atoms with Gasteiger partial charge < -0.3 is 10.1 Å². The molecule has 0 saturated carbocycles. The van der Waals surface area contributed by atoms with Crippen LogP contribution >= 0.6 is 15.9 Å². The Morgan fingerprint density at radius 3 is 2.61 bits per heavy atom. The predicted octanol–water partition coefficient (Wildman–Crippen LogP) is 4.31. The highest BCUT2D eigenvalue weighted by atomic mass is 79.9. The molecule has 1 aliphatic rings. The number of ether oxygens (including phenoxy) is 1. The average molecular weight is 304 g/mol. The van der Waals surface area contributed by atoms with Crippen LogP contribution < -0.4 is 10.1 Å². The van der Waals surface area contributed by atoms with Crippen molar-refractivity contribution in [2.75, 3.05) is 11.9 Å². The minimum atomic E-state index is 0.232. The minimum absolute atomic E-state index is 0.232. The molecule has 0 amide bonds. The summed E-state index contributed by atoms with van der Waals surface area (Å²) in [5.74, 6) is 0.939. The molecule has 0 bridgehead atoms. The maximum absolute atomic E-state index is 5.77. The van der Waals surface area contributed by atoms with Crippen LogP contribution in [0.1, 0.15) is 6.92 Å². The van der Waals surface area contributed by atoms with E-state index in [1.165, 1.54) is 11.1 Å². The second-order valence-corrected chi connectivity index (χ2v) is 5.44. The van der Waals surface area contributed by atoms with E-state index in [1.807, 2.05) is 6.07 Å². The Morgan fingerprint density at radius 2 is 1.83 bits per heavy atom. The Bertz CT molecular complexity index is 565. The molecule has 1 unspecified atom stereocenters. The number of hydrogen-bond acceptors (Lipinski definition) is 2. The van der Waals surface area contributed by atoms with Gasteiger partial charge in [0.1, 0.15) is 11.9 Å². The third-order valence-electron chi connectivity index (χ3n) is 3.07. The Labute approximate surface area is 115 Å². The fourth-order valence-electron chi connectivity index (χ4n) is 2.10. The molecule has 0 spiro atoms. The van der Waals surface area contributed by atoms with Gasteiger partial charge in [-0.3, -0.25) is 0 Å². The van der Waals surface area contributed by atoms with Gasteiger partial charge in [-0.1, -0.05) is 34.1 Å². The van der Waals surface area contributed by atoms with Crippen molar-refractivity contribution in [2.45, 2.75) is 13.0 Å². The van der Waals surface area contributed by atoms with Gasteiger partial charge >= 0.3 is 0 Å². The Balaban J connectivity index is 1.97. The zero-order valence-corrected chi connectivity index (χ0v) is 11.7. The maximum atomic E-state index is 5.77. The molecule has 92 valence electrons. The third-order valence-corrected chi connectivity index (χ3v) is 3.59. The first-order chi connectivity index (χ1) is 8.72. The molecule has 0 radical (unpaired) electrons. The van der Waals surface area contributed by atoms with Gasteiger partial charge in [-0.25, -0.2) is 0 Å². The van der Waals surface area contributed by atoms with Gasteiger partial charge in [0.25, 0.3) is 0 Å². The summed E-state index contributed by atoms with van der Waals surface area (Å²) in [5.41, 5.74) is 3.49. The second kappa shape index (κ2) is 4.65. The fraction of sp³-hybridized carbons (Fsp3) is 0.200. The largest absolute Gasteiger partial charge is 0.487 e. The van der Waals surface area contributed by atoms with Crippen LogP contribution in [0.15, 0.2) is 46.9 Å². The van der Waals surface area contributed by atoms with Gasteiger partial charge in [-0.2, -0.15) is 0 Å². The van der Waals surface area contributed by atoms with Crippen LogP contribution in [0.5, 0.6) is 5.75 Å². The van der Waals surface area contributed by atoms with Crippen LogP contribution in [0.2, 0.25) is 0 Å². The van der Waals surface area contributed by atoms with E-state index in [4.69, 9.17) is 4.74 Å². The number of halogens is 1. The zero-order chi connectivity index (χ0) is 12.5. The van der Waals surface area contributed by atoms with Crippen LogP contribution in [-0.4, -0.2) is 12.6 Å². The van der Waals surface area contributed by atoms with Gasteiger partial charge in [-0.15, -0.1) is 0 Å². The topological polar surface area (TPSA) is 21.3 Å². The quantitative estimate of drug-likeness (QED) is 0.847. The molecule has 1 heterocycles. The van der Waals surface area contributed by atoms with Gasteiger partial charge in [-0.05, 0) is 42.3 Å². The molecule has 1 aliphatic heterocycles. The summed E-state index contributed by atoms with van der Waals surface area (Å²) in [4.78, 5) is 0. The zero-order valence-electron chi connectivity index (χ0n) is 10.1.